The molecule has 1 aliphatic heterocycles. The minimum Gasteiger partial charge on any atom is -0.336 e. The van der Waals surface area contributed by atoms with Crippen LogP contribution in [-0.4, -0.2) is 33.7 Å². The van der Waals surface area contributed by atoms with Crippen molar-refractivity contribution in [1.29, 1.82) is 0 Å². The smallest absolute Gasteiger partial charge is 0.166 e. The van der Waals surface area contributed by atoms with Crippen LogP contribution in [0.2, 0.25) is 0 Å². The topological polar surface area (TPSA) is 28.0 Å². The number of aliphatic imine (C=N–C) groups is 2. The average molecular weight is 443 g/mol. The second-order valence-electron chi connectivity index (χ2n) is 6.43. The fourth-order valence-electron chi connectivity index (χ4n) is 3.75. The summed E-state index contributed by atoms with van der Waals surface area (Å²) in [5, 5.41) is 1.13. The summed E-state index contributed by atoms with van der Waals surface area (Å²) in [6.45, 7) is 4.54. The zero-order chi connectivity index (χ0) is 15.6. The van der Waals surface area contributed by atoms with Gasteiger partial charge in [0.25, 0.3) is 0 Å². The van der Waals surface area contributed by atoms with Crippen LogP contribution in [-0.2, 0) is 0 Å². The van der Waals surface area contributed by atoms with E-state index in [4.69, 9.17) is 9.98 Å². The highest BCUT2D eigenvalue weighted by Gasteiger charge is 2.49. The van der Waals surface area contributed by atoms with Crippen molar-refractivity contribution in [3.63, 3.8) is 0 Å². The minimum atomic E-state index is 0. The van der Waals surface area contributed by atoms with Crippen LogP contribution in [0.5, 0.6) is 0 Å². The van der Waals surface area contributed by atoms with Gasteiger partial charge in [-0.15, -0.1) is 24.0 Å². The molecular formula is C18H26IN3S. The van der Waals surface area contributed by atoms with Crippen molar-refractivity contribution in [2.75, 3.05) is 6.26 Å². The molecule has 0 radical (unpaired) electrons. The molecule has 1 heterocycles. The van der Waals surface area contributed by atoms with Gasteiger partial charge < -0.3 is 4.90 Å². The Morgan fingerprint density at radius 2 is 1.78 bits per heavy atom. The Labute approximate surface area is 161 Å². The van der Waals surface area contributed by atoms with Crippen LogP contribution in [0, 0.1) is 0 Å². The molecule has 1 fully saturated rings. The molecule has 5 heteroatoms. The lowest BCUT2D eigenvalue weighted by atomic mass is 9.79. The van der Waals surface area contributed by atoms with Gasteiger partial charge in [0.1, 0.15) is 5.54 Å². The number of benzene rings is 1. The van der Waals surface area contributed by atoms with Crippen molar-refractivity contribution < 1.29 is 0 Å². The number of halogens is 1. The number of para-hydroxylation sites is 1. The average Bonchev–Trinajstić information content (AvgIpc) is 2.82. The maximum Gasteiger partial charge on any atom is 0.166 e. The first-order valence-electron chi connectivity index (χ1n) is 8.23. The highest BCUT2D eigenvalue weighted by molar-refractivity contribution is 14.0. The molecule has 0 amide bonds. The van der Waals surface area contributed by atoms with E-state index in [0.717, 1.165) is 16.7 Å². The normalized spacial score (nSPS) is 21.7. The number of rotatable bonds is 2. The van der Waals surface area contributed by atoms with E-state index in [-0.39, 0.29) is 29.5 Å². The number of amidine groups is 2. The van der Waals surface area contributed by atoms with Crippen LogP contribution in [0.25, 0.3) is 0 Å². The number of nitrogens with zero attached hydrogens (tertiary/aromatic N) is 3. The monoisotopic (exact) mass is 443 g/mol. The van der Waals surface area contributed by atoms with Crippen LogP contribution < -0.4 is 0 Å². The SMILES string of the molecule is CSC1=NC(=Nc2ccccc2)C2(CCCCC2)N1C(C)C.I. The molecule has 0 N–H and O–H groups in total. The zero-order valence-electron chi connectivity index (χ0n) is 14.2. The standard InChI is InChI=1S/C18H25N3S.HI/c1-14(2)21-17(22-3)20-16(18(21)12-8-5-9-13-18)19-15-10-6-4-7-11-15;/h4,6-7,10-11,14H,5,8-9,12-13H2,1-3H3;1H. The Kier molecular flexibility index (Phi) is 6.54. The Bertz CT molecular complexity index is 577. The summed E-state index contributed by atoms with van der Waals surface area (Å²) in [6.07, 6.45) is 8.34. The van der Waals surface area contributed by atoms with E-state index in [9.17, 15) is 0 Å². The molecule has 1 saturated carbocycles. The molecule has 1 spiro atoms. The molecule has 0 atom stereocenters. The fourth-order valence-corrected chi connectivity index (χ4v) is 4.51. The molecule has 2 aliphatic rings. The van der Waals surface area contributed by atoms with Gasteiger partial charge >= 0.3 is 0 Å². The first-order chi connectivity index (χ1) is 10.7. The first-order valence-corrected chi connectivity index (χ1v) is 9.46. The van der Waals surface area contributed by atoms with Gasteiger partial charge in [0.2, 0.25) is 0 Å². The first kappa shape index (κ1) is 18.8. The van der Waals surface area contributed by atoms with Gasteiger partial charge in [0, 0.05) is 6.04 Å². The zero-order valence-corrected chi connectivity index (χ0v) is 17.3. The van der Waals surface area contributed by atoms with Crippen LogP contribution in [0.15, 0.2) is 40.3 Å². The molecule has 0 bridgehead atoms. The third kappa shape index (κ3) is 3.60. The molecule has 1 aromatic carbocycles. The maximum atomic E-state index is 4.94. The van der Waals surface area contributed by atoms with E-state index >= 15 is 0 Å². The van der Waals surface area contributed by atoms with E-state index in [0.29, 0.717) is 6.04 Å². The molecule has 0 saturated heterocycles. The predicted molar refractivity (Wildman–Crippen MR) is 113 cm³/mol. The van der Waals surface area contributed by atoms with Crippen LogP contribution in [0.4, 0.5) is 5.69 Å². The molecule has 23 heavy (non-hydrogen) atoms. The van der Waals surface area contributed by atoms with Crippen LogP contribution in [0.1, 0.15) is 46.0 Å². The van der Waals surface area contributed by atoms with Gasteiger partial charge in [-0.3, -0.25) is 0 Å². The molecule has 3 rings (SSSR count). The second kappa shape index (κ2) is 8.01. The number of hydrogen-bond acceptors (Lipinski definition) is 3. The Morgan fingerprint density at radius 3 is 2.35 bits per heavy atom. The van der Waals surface area contributed by atoms with Crippen molar-refractivity contribution in [3.8, 4) is 0 Å². The molecule has 1 aromatic rings. The Balaban J connectivity index is 0.00000192. The van der Waals surface area contributed by atoms with Crippen molar-refractivity contribution in [1.82, 2.24) is 4.90 Å². The molecule has 0 unspecified atom stereocenters. The van der Waals surface area contributed by atoms with Crippen LogP contribution >= 0.6 is 35.7 Å². The number of thioether (sulfide) groups is 1. The van der Waals surface area contributed by atoms with E-state index in [2.05, 4.69) is 37.1 Å². The lowest BCUT2D eigenvalue weighted by Gasteiger charge is -2.44. The van der Waals surface area contributed by atoms with Gasteiger partial charge in [0.15, 0.2) is 11.0 Å². The summed E-state index contributed by atoms with van der Waals surface area (Å²) >= 11 is 1.75. The molecule has 0 aromatic heterocycles. The lowest BCUT2D eigenvalue weighted by molar-refractivity contribution is 0.167. The summed E-state index contributed by atoms with van der Waals surface area (Å²) in [5.41, 5.74) is 1.03. The summed E-state index contributed by atoms with van der Waals surface area (Å²) in [5.74, 6) is 1.02. The van der Waals surface area contributed by atoms with Gasteiger partial charge in [-0.05, 0) is 45.1 Å². The fraction of sp³-hybridized carbons (Fsp3) is 0.556. The molecular weight excluding hydrogens is 417 g/mol. The maximum absolute atomic E-state index is 4.94. The molecule has 3 nitrogen and oxygen atoms in total. The van der Waals surface area contributed by atoms with Gasteiger partial charge in [0.05, 0.1) is 5.69 Å². The summed E-state index contributed by atoms with van der Waals surface area (Å²) in [7, 11) is 0. The summed E-state index contributed by atoms with van der Waals surface area (Å²) < 4.78 is 0. The third-order valence-corrected chi connectivity index (χ3v) is 5.31. The highest BCUT2D eigenvalue weighted by atomic mass is 127. The minimum absolute atomic E-state index is 0. The third-order valence-electron chi connectivity index (χ3n) is 4.66. The Morgan fingerprint density at radius 1 is 1.13 bits per heavy atom. The van der Waals surface area contributed by atoms with Crippen molar-refractivity contribution in [2.45, 2.75) is 57.5 Å². The van der Waals surface area contributed by atoms with Gasteiger partial charge in [-0.25, -0.2) is 9.98 Å². The second-order valence-corrected chi connectivity index (χ2v) is 7.20. The van der Waals surface area contributed by atoms with Gasteiger partial charge in [-0.2, -0.15) is 0 Å². The lowest BCUT2D eigenvalue weighted by Crippen LogP contribution is -2.55. The van der Waals surface area contributed by atoms with Crippen molar-refractivity contribution in [2.24, 2.45) is 9.98 Å². The predicted octanol–water partition coefficient (Wildman–Crippen LogP) is 5.48. The highest BCUT2D eigenvalue weighted by Crippen LogP contribution is 2.42. The quantitative estimate of drug-likeness (QED) is 0.567. The Hall–Kier alpha value is -0.560. The van der Waals surface area contributed by atoms with Crippen LogP contribution in [0.3, 0.4) is 0 Å². The molecule has 126 valence electrons. The molecule has 1 aliphatic carbocycles. The van der Waals surface area contributed by atoms with E-state index < -0.39 is 0 Å². The van der Waals surface area contributed by atoms with Crippen molar-refractivity contribution in [3.05, 3.63) is 30.3 Å². The van der Waals surface area contributed by atoms with Crippen molar-refractivity contribution >= 4 is 52.4 Å². The summed E-state index contributed by atoms with van der Waals surface area (Å²) in [4.78, 5) is 12.4. The number of hydrogen-bond donors (Lipinski definition) is 0. The van der Waals surface area contributed by atoms with E-state index in [1.165, 1.54) is 32.1 Å². The van der Waals surface area contributed by atoms with E-state index in [1.54, 1.807) is 11.8 Å². The largest absolute Gasteiger partial charge is 0.336 e. The summed E-state index contributed by atoms with van der Waals surface area (Å²) in [6, 6.07) is 10.7. The van der Waals surface area contributed by atoms with Gasteiger partial charge in [-0.1, -0.05) is 49.2 Å². The van der Waals surface area contributed by atoms with E-state index in [1.807, 2.05) is 18.2 Å².